The van der Waals surface area contributed by atoms with Gasteiger partial charge >= 0.3 is 0 Å². The molecule has 0 aliphatic heterocycles. The maximum Gasteiger partial charge on any atom is 0.269 e. The van der Waals surface area contributed by atoms with Crippen LogP contribution in [-0.4, -0.2) is 24.7 Å². The van der Waals surface area contributed by atoms with E-state index < -0.39 is 0 Å². The summed E-state index contributed by atoms with van der Waals surface area (Å²) in [4.78, 5) is 14.8. The molecule has 0 radical (unpaired) electrons. The first kappa shape index (κ1) is 21.7. The standard InChI is InChI=1S/C24H23N5O2S/c1-3-18-7-5-8-19(4-2)22(18)28-23(20-9-6-14-25-15-20)26-27-24(28)32-16-17-10-12-21(13-11-17)29(30)31/h5-15H,3-4,16H2,1-2H3. The van der Waals surface area contributed by atoms with Gasteiger partial charge in [-0.1, -0.05) is 55.9 Å². The molecule has 0 N–H and O–H groups in total. The molecule has 32 heavy (non-hydrogen) atoms. The molecule has 4 aromatic rings. The number of hydrogen-bond donors (Lipinski definition) is 0. The largest absolute Gasteiger partial charge is 0.269 e. The summed E-state index contributed by atoms with van der Waals surface area (Å²) < 4.78 is 2.13. The number of aryl methyl sites for hydroxylation is 2. The zero-order valence-electron chi connectivity index (χ0n) is 17.9. The number of aromatic nitrogens is 4. The molecule has 2 aromatic carbocycles. The van der Waals surface area contributed by atoms with E-state index in [2.05, 4.69) is 51.8 Å². The molecule has 0 aliphatic rings. The lowest BCUT2D eigenvalue weighted by atomic mass is 10.0. The summed E-state index contributed by atoms with van der Waals surface area (Å²) in [5, 5.41) is 20.7. The van der Waals surface area contributed by atoms with Gasteiger partial charge in [-0.15, -0.1) is 10.2 Å². The number of para-hydroxylation sites is 1. The summed E-state index contributed by atoms with van der Waals surface area (Å²) in [5.41, 5.74) is 5.54. The molecule has 0 saturated carbocycles. The first-order valence-electron chi connectivity index (χ1n) is 10.5. The molecule has 0 aliphatic carbocycles. The van der Waals surface area contributed by atoms with Gasteiger partial charge in [-0.3, -0.25) is 19.7 Å². The zero-order chi connectivity index (χ0) is 22.5. The number of pyridine rings is 1. The monoisotopic (exact) mass is 445 g/mol. The van der Waals surface area contributed by atoms with Gasteiger partial charge in [-0.2, -0.15) is 0 Å². The average molecular weight is 446 g/mol. The first-order chi connectivity index (χ1) is 15.6. The van der Waals surface area contributed by atoms with Crippen LogP contribution >= 0.6 is 11.8 Å². The summed E-state index contributed by atoms with van der Waals surface area (Å²) in [6.07, 6.45) is 5.32. The van der Waals surface area contributed by atoms with Gasteiger partial charge in [0.2, 0.25) is 0 Å². The molecule has 4 rings (SSSR count). The third kappa shape index (κ3) is 4.40. The summed E-state index contributed by atoms with van der Waals surface area (Å²) in [6.45, 7) is 4.30. The Morgan fingerprint density at radius 2 is 1.69 bits per heavy atom. The molecule has 162 valence electrons. The Hall–Kier alpha value is -3.52. The van der Waals surface area contributed by atoms with Crippen LogP contribution in [0.4, 0.5) is 5.69 Å². The third-order valence-electron chi connectivity index (χ3n) is 5.26. The van der Waals surface area contributed by atoms with Crippen molar-refractivity contribution < 1.29 is 4.92 Å². The van der Waals surface area contributed by atoms with Gasteiger partial charge < -0.3 is 0 Å². The van der Waals surface area contributed by atoms with Gasteiger partial charge in [-0.25, -0.2) is 0 Å². The molecule has 0 fully saturated rings. The Morgan fingerprint density at radius 3 is 2.28 bits per heavy atom. The number of hydrogen-bond acceptors (Lipinski definition) is 6. The van der Waals surface area contributed by atoms with Crippen molar-refractivity contribution in [1.29, 1.82) is 0 Å². The van der Waals surface area contributed by atoms with E-state index in [0.717, 1.165) is 40.6 Å². The van der Waals surface area contributed by atoms with Gasteiger partial charge in [0.05, 0.1) is 10.6 Å². The molecule has 0 unspecified atom stereocenters. The minimum absolute atomic E-state index is 0.0882. The van der Waals surface area contributed by atoms with Crippen LogP contribution in [0.5, 0.6) is 0 Å². The normalized spacial score (nSPS) is 10.9. The predicted octanol–water partition coefficient (Wildman–Crippen LogP) is 5.65. The molecule has 0 amide bonds. The van der Waals surface area contributed by atoms with E-state index in [1.54, 1.807) is 36.3 Å². The summed E-state index contributed by atoms with van der Waals surface area (Å²) in [6, 6.07) is 16.9. The molecular formula is C24H23N5O2S. The number of benzene rings is 2. The van der Waals surface area contributed by atoms with Crippen molar-refractivity contribution in [3.05, 3.63) is 93.8 Å². The highest BCUT2D eigenvalue weighted by molar-refractivity contribution is 7.98. The number of rotatable bonds is 8. The zero-order valence-corrected chi connectivity index (χ0v) is 18.7. The van der Waals surface area contributed by atoms with Crippen molar-refractivity contribution in [1.82, 2.24) is 19.7 Å². The Labute approximate surface area is 190 Å². The number of nitro groups is 1. The molecular weight excluding hydrogens is 422 g/mol. The van der Waals surface area contributed by atoms with Crippen molar-refractivity contribution in [2.24, 2.45) is 0 Å². The first-order valence-corrected chi connectivity index (χ1v) is 11.4. The second kappa shape index (κ2) is 9.74. The highest BCUT2D eigenvalue weighted by Gasteiger charge is 2.20. The topological polar surface area (TPSA) is 86.7 Å². The fourth-order valence-electron chi connectivity index (χ4n) is 3.61. The molecule has 7 nitrogen and oxygen atoms in total. The Balaban J connectivity index is 1.77. The van der Waals surface area contributed by atoms with E-state index in [4.69, 9.17) is 0 Å². The lowest BCUT2D eigenvalue weighted by molar-refractivity contribution is -0.384. The van der Waals surface area contributed by atoms with Crippen LogP contribution in [0.2, 0.25) is 0 Å². The van der Waals surface area contributed by atoms with Crippen LogP contribution < -0.4 is 0 Å². The van der Waals surface area contributed by atoms with Gasteiger partial charge in [0, 0.05) is 35.8 Å². The highest BCUT2D eigenvalue weighted by atomic mass is 32.2. The molecule has 0 spiro atoms. The second-order valence-corrected chi connectivity index (χ2v) is 8.17. The van der Waals surface area contributed by atoms with E-state index in [1.807, 2.05) is 12.1 Å². The molecule has 0 atom stereocenters. The van der Waals surface area contributed by atoms with Crippen LogP contribution in [0.1, 0.15) is 30.5 Å². The molecule has 2 aromatic heterocycles. The van der Waals surface area contributed by atoms with E-state index in [1.165, 1.54) is 23.3 Å². The van der Waals surface area contributed by atoms with E-state index in [0.29, 0.717) is 5.75 Å². The number of nitrogens with zero attached hydrogens (tertiary/aromatic N) is 5. The summed E-state index contributed by atoms with van der Waals surface area (Å²) in [5.74, 6) is 1.37. The molecule has 0 saturated heterocycles. The van der Waals surface area contributed by atoms with Gasteiger partial charge in [0.1, 0.15) is 0 Å². The maximum absolute atomic E-state index is 10.9. The van der Waals surface area contributed by atoms with Crippen molar-refractivity contribution in [3.8, 4) is 17.1 Å². The molecule has 8 heteroatoms. The van der Waals surface area contributed by atoms with Crippen LogP contribution in [0.25, 0.3) is 17.1 Å². The summed E-state index contributed by atoms with van der Waals surface area (Å²) in [7, 11) is 0. The molecule has 2 heterocycles. The van der Waals surface area contributed by atoms with E-state index in [9.17, 15) is 10.1 Å². The van der Waals surface area contributed by atoms with Gasteiger partial charge in [-0.05, 0) is 41.7 Å². The Kier molecular flexibility index (Phi) is 6.61. The van der Waals surface area contributed by atoms with Crippen molar-refractivity contribution in [3.63, 3.8) is 0 Å². The van der Waals surface area contributed by atoms with Crippen molar-refractivity contribution in [2.75, 3.05) is 0 Å². The quantitative estimate of drug-likeness (QED) is 0.198. The van der Waals surface area contributed by atoms with E-state index in [-0.39, 0.29) is 10.6 Å². The van der Waals surface area contributed by atoms with Crippen LogP contribution in [0.15, 0.2) is 72.1 Å². The Bertz CT molecular complexity index is 1200. The van der Waals surface area contributed by atoms with E-state index >= 15 is 0 Å². The number of thioether (sulfide) groups is 1. The number of nitro benzene ring substituents is 1. The summed E-state index contributed by atoms with van der Waals surface area (Å²) >= 11 is 1.56. The Morgan fingerprint density at radius 1 is 0.969 bits per heavy atom. The fraction of sp³-hybridized carbons (Fsp3) is 0.208. The predicted molar refractivity (Wildman–Crippen MR) is 126 cm³/mol. The molecule has 0 bridgehead atoms. The minimum Gasteiger partial charge on any atom is -0.269 e. The van der Waals surface area contributed by atoms with Gasteiger partial charge in [0.25, 0.3) is 5.69 Å². The van der Waals surface area contributed by atoms with Crippen molar-refractivity contribution in [2.45, 2.75) is 37.6 Å². The minimum atomic E-state index is -0.387. The smallest absolute Gasteiger partial charge is 0.269 e. The lowest BCUT2D eigenvalue weighted by Gasteiger charge is -2.18. The lowest BCUT2D eigenvalue weighted by Crippen LogP contribution is -2.07. The SMILES string of the molecule is CCc1cccc(CC)c1-n1c(SCc2ccc([N+](=O)[O-])cc2)nnc1-c1cccnc1. The third-order valence-corrected chi connectivity index (χ3v) is 6.26. The van der Waals surface area contributed by atoms with Crippen molar-refractivity contribution >= 4 is 17.4 Å². The second-order valence-electron chi connectivity index (χ2n) is 7.23. The highest BCUT2D eigenvalue weighted by Crippen LogP contribution is 2.33. The fourth-order valence-corrected chi connectivity index (χ4v) is 4.50. The van der Waals surface area contributed by atoms with Gasteiger partial charge in [0.15, 0.2) is 11.0 Å². The van der Waals surface area contributed by atoms with Crippen LogP contribution in [0.3, 0.4) is 0 Å². The van der Waals surface area contributed by atoms with Crippen LogP contribution in [-0.2, 0) is 18.6 Å². The average Bonchev–Trinajstić information content (AvgIpc) is 3.26. The number of non-ortho nitro benzene ring substituents is 1. The van der Waals surface area contributed by atoms with Crippen LogP contribution in [0, 0.1) is 10.1 Å². The maximum atomic E-state index is 10.9.